The first-order valence-corrected chi connectivity index (χ1v) is 4.26. The minimum atomic E-state index is 0.698. The van der Waals surface area contributed by atoms with E-state index in [9.17, 15) is 4.79 Å². The van der Waals surface area contributed by atoms with Crippen LogP contribution in [0.3, 0.4) is 0 Å². The van der Waals surface area contributed by atoms with Crippen LogP contribution >= 0.6 is 0 Å². The lowest BCUT2D eigenvalue weighted by atomic mass is 10.2. The molecule has 0 atom stereocenters. The summed E-state index contributed by atoms with van der Waals surface area (Å²) in [6.45, 7) is 0. The fourth-order valence-electron chi connectivity index (χ4n) is 0.820. The molecule has 0 saturated carbocycles. The molecule has 1 nitrogen and oxygen atoms in total. The summed E-state index contributed by atoms with van der Waals surface area (Å²) in [7, 11) is 0. The van der Waals surface area contributed by atoms with E-state index in [0.29, 0.717) is 5.56 Å². The van der Waals surface area contributed by atoms with Gasteiger partial charge in [-0.25, -0.2) is 0 Å². The van der Waals surface area contributed by atoms with E-state index in [1.54, 1.807) is 24.3 Å². The van der Waals surface area contributed by atoms with Crippen LogP contribution in [-0.2, 0) is 0 Å². The molecule has 2 aromatic rings. The molecule has 0 unspecified atom stereocenters. The van der Waals surface area contributed by atoms with Crippen molar-refractivity contribution in [3.8, 4) is 0 Å². The SMILES string of the molecule is O=Cc1cc[c]cc1.[c]1ccccc1. The monoisotopic (exact) mass is 182 g/mol. The highest BCUT2D eigenvalue weighted by Gasteiger charge is 1.80. The molecular weight excluding hydrogens is 172 g/mol. The van der Waals surface area contributed by atoms with E-state index in [2.05, 4.69) is 12.1 Å². The molecular formula is C13H10O. The van der Waals surface area contributed by atoms with Gasteiger partial charge in [-0.05, 0) is 12.1 Å². The van der Waals surface area contributed by atoms with Crippen molar-refractivity contribution in [3.63, 3.8) is 0 Å². The van der Waals surface area contributed by atoms with E-state index >= 15 is 0 Å². The predicted molar refractivity (Wildman–Crippen MR) is 55.9 cm³/mol. The van der Waals surface area contributed by atoms with Crippen molar-refractivity contribution in [3.05, 3.63) is 72.3 Å². The molecule has 0 fully saturated rings. The summed E-state index contributed by atoms with van der Waals surface area (Å²) >= 11 is 0. The number of carbonyl (C=O) groups excluding carboxylic acids is 1. The van der Waals surface area contributed by atoms with Gasteiger partial charge >= 0.3 is 0 Å². The molecule has 0 saturated heterocycles. The number of rotatable bonds is 1. The topological polar surface area (TPSA) is 17.1 Å². The molecule has 68 valence electrons. The van der Waals surface area contributed by atoms with Crippen molar-refractivity contribution in [2.75, 3.05) is 0 Å². The summed E-state index contributed by atoms with van der Waals surface area (Å²) < 4.78 is 0. The molecule has 14 heavy (non-hydrogen) atoms. The first-order valence-electron chi connectivity index (χ1n) is 4.26. The van der Waals surface area contributed by atoms with Gasteiger partial charge in [-0.2, -0.15) is 0 Å². The Labute approximate surface area is 84.0 Å². The Morgan fingerprint density at radius 2 is 1.43 bits per heavy atom. The first kappa shape index (κ1) is 10.2. The summed E-state index contributed by atoms with van der Waals surface area (Å²) in [5.41, 5.74) is 0.698. The van der Waals surface area contributed by atoms with Crippen LogP contribution in [0.2, 0.25) is 0 Å². The maximum atomic E-state index is 9.99. The standard InChI is InChI=1S/C7H5O.C6H5/c8-6-7-4-2-1-3-5-7;1-2-4-6-5-3-1/h2-6H;1-5H. The van der Waals surface area contributed by atoms with E-state index in [1.165, 1.54) is 0 Å². The number of aldehydes is 1. The van der Waals surface area contributed by atoms with Gasteiger partial charge < -0.3 is 0 Å². The fourth-order valence-corrected chi connectivity index (χ4v) is 0.820. The molecule has 0 bridgehead atoms. The minimum Gasteiger partial charge on any atom is -0.298 e. The van der Waals surface area contributed by atoms with Gasteiger partial charge in [-0.15, -0.1) is 0 Å². The Hall–Kier alpha value is -1.89. The van der Waals surface area contributed by atoms with Crippen LogP contribution in [0.1, 0.15) is 10.4 Å². The summed E-state index contributed by atoms with van der Waals surface area (Å²) in [5.74, 6) is 0. The summed E-state index contributed by atoms with van der Waals surface area (Å²) in [5, 5.41) is 0. The maximum absolute atomic E-state index is 9.99. The van der Waals surface area contributed by atoms with Gasteiger partial charge in [-0.1, -0.05) is 54.6 Å². The Kier molecular flexibility index (Phi) is 4.81. The zero-order chi connectivity index (χ0) is 10.1. The lowest BCUT2D eigenvalue weighted by Gasteiger charge is -1.81. The van der Waals surface area contributed by atoms with Crippen molar-refractivity contribution >= 4 is 6.29 Å². The molecule has 2 radical (unpaired) electrons. The van der Waals surface area contributed by atoms with Crippen molar-refractivity contribution in [1.82, 2.24) is 0 Å². The van der Waals surface area contributed by atoms with Gasteiger partial charge in [0.2, 0.25) is 0 Å². The number of hydrogen-bond acceptors (Lipinski definition) is 1. The van der Waals surface area contributed by atoms with E-state index in [-0.39, 0.29) is 0 Å². The van der Waals surface area contributed by atoms with Crippen molar-refractivity contribution < 1.29 is 4.79 Å². The van der Waals surface area contributed by atoms with Gasteiger partial charge in [-0.3, -0.25) is 4.79 Å². The highest BCUT2D eigenvalue weighted by molar-refractivity contribution is 5.74. The number of benzene rings is 2. The predicted octanol–water partition coefficient (Wildman–Crippen LogP) is 2.79. The largest absolute Gasteiger partial charge is 0.298 e. The lowest BCUT2D eigenvalue weighted by molar-refractivity contribution is 0.112. The summed E-state index contributed by atoms with van der Waals surface area (Å²) in [4.78, 5) is 9.99. The molecule has 0 aromatic heterocycles. The van der Waals surface area contributed by atoms with Crippen LogP contribution in [0, 0.1) is 12.1 Å². The average molecular weight is 182 g/mol. The van der Waals surface area contributed by atoms with E-state index < -0.39 is 0 Å². The summed E-state index contributed by atoms with van der Waals surface area (Å²) in [6.07, 6.45) is 0.813. The van der Waals surface area contributed by atoms with E-state index in [0.717, 1.165) is 6.29 Å². The van der Waals surface area contributed by atoms with Crippen molar-refractivity contribution in [1.29, 1.82) is 0 Å². The zero-order valence-corrected chi connectivity index (χ0v) is 7.68. The van der Waals surface area contributed by atoms with Gasteiger partial charge in [0.1, 0.15) is 6.29 Å². The molecule has 0 aliphatic heterocycles. The Bertz CT molecular complexity index is 313. The van der Waals surface area contributed by atoms with Gasteiger partial charge in [0.15, 0.2) is 0 Å². The molecule has 0 heterocycles. The maximum Gasteiger partial charge on any atom is 0.150 e. The minimum absolute atomic E-state index is 0.698. The van der Waals surface area contributed by atoms with Gasteiger partial charge in [0.25, 0.3) is 0 Å². The average Bonchev–Trinajstić information content (AvgIpc) is 2.33. The smallest absolute Gasteiger partial charge is 0.150 e. The normalized spacial score (nSPS) is 8.29. The first-order chi connectivity index (χ1) is 6.93. The molecule has 2 aromatic carbocycles. The van der Waals surface area contributed by atoms with Crippen LogP contribution < -0.4 is 0 Å². The Balaban J connectivity index is 0.000000146. The second-order valence-electron chi connectivity index (χ2n) is 2.53. The molecule has 0 amide bonds. The molecule has 2 rings (SSSR count). The van der Waals surface area contributed by atoms with Gasteiger partial charge in [0.05, 0.1) is 0 Å². The quantitative estimate of drug-likeness (QED) is 0.620. The lowest BCUT2D eigenvalue weighted by Crippen LogP contribution is -1.73. The van der Waals surface area contributed by atoms with Crippen molar-refractivity contribution in [2.24, 2.45) is 0 Å². The molecule has 1 heteroatoms. The Morgan fingerprint density at radius 3 is 1.71 bits per heavy atom. The third-order valence-corrected chi connectivity index (χ3v) is 1.49. The fraction of sp³-hybridized carbons (Fsp3) is 0. The summed E-state index contributed by atoms with van der Waals surface area (Å²) in [6, 6.07) is 22.2. The molecule has 0 spiro atoms. The molecule has 0 aliphatic carbocycles. The van der Waals surface area contributed by atoms with Crippen LogP contribution in [0.4, 0.5) is 0 Å². The highest BCUT2D eigenvalue weighted by atomic mass is 16.1. The number of carbonyl (C=O) groups is 1. The van der Waals surface area contributed by atoms with Crippen LogP contribution in [0.25, 0.3) is 0 Å². The van der Waals surface area contributed by atoms with Crippen LogP contribution in [-0.4, -0.2) is 6.29 Å². The second kappa shape index (κ2) is 6.61. The molecule has 0 aliphatic rings. The van der Waals surface area contributed by atoms with Gasteiger partial charge in [0, 0.05) is 5.56 Å². The van der Waals surface area contributed by atoms with Crippen molar-refractivity contribution in [2.45, 2.75) is 0 Å². The third kappa shape index (κ3) is 4.21. The van der Waals surface area contributed by atoms with E-state index in [4.69, 9.17) is 0 Å². The highest BCUT2D eigenvalue weighted by Crippen LogP contribution is 1.90. The zero-order valence-electron chi connectivity index (χ0n) is 7.68. The second-order valence-corrected chi connectivity index (χ2v) is 2.53. The third-order valence-electron chi connectivity index (χ3n) is 1.49. The van der Waals surface area contributed by atoms with Crippen LogP contribution in [0.5, 0.6) is 0 Å². The Morgan fingerprint density at radius 1 is 0.857 bits per heavy atom. The number of hydrogen-bond donors (Lipinski definition) is 0. The molecule has 0 N–H and O–H groups in total. The van der Waals surface area contributed by atoms with E-state index in [1.807, 2.05) is 30.3 Å². The van der Waals surface area contributed by atoms with Crippen LogP contribution in [0.15, 0.2) is 54.6 Å².